The lowest BCUT2D eigenvalue weighted by Gasteiger charge is -2.23. The van der Waals surface area contributed by atoms with Gasteiger partial charge in [-0.15, -0.1) is 0 Å². The molecular formula is C13H15BrN4. The monoisotopic (exact) mass is 306 g/mol. The fraction of sp³-hybridized carbons (Fsp3) is 0.385. The van der Waals surface area contributed by atoms with E-state index in [0.717, 1.165) is 23.2 Å². The normalized spacial score (nSPS) is 16.9. The molecule has 0 radical (unpaired) electrons. The van der Waals surface area contributed by atoms with Crippen LogP contribution >= 0.6 is 15.9 Å². The van der Waals surface area contributed by atoms with Crippen LogP contribution in [-0.2, 0) is 0 Å². The van der Waals surface area contributed by atoms with Crippen molar-refractivity contribution in [1.82, 2.24) is 20.1 Å². The van der Waals surface area contributed by atoms with Crippen LogP contribution in [0, 0.1) is 0 Å². The molecule has 94 valence electrons. The van der Waals surface area contributed by atoms with Crippen LogP contribution < -0.4 is 5.32 Å². The number of nitrogens with zero attached hydrogens (tertiary/aromatic N) is 3. The number of nitrogens with one attached hydrogen (secondary N) is 1. The van der Waals surface area contributed by atoms with Crippen LogP contribution in [0.5, 0.6) is 0 Å². The van der Waals surface area contributed by atoms with E-state index in [9.17, 15) is 0 Å². The van der Waals surface area contributed by atoms with Gasteiger partial charge in [0.05, 0.1) is 5.69 Å². The molecule has 1 fully saturated rings. The van der Waals surface area contributed by atoms with Crippen molar-refractivity contribution in [3.63, 3.8) is 0 Å². The molecule has 1 aliphatic heterocycles. The number of halogens is 1. The minimum absolute atomic E-state index is 0.673. The van der Waals surface area contributed by atoms with Crippen molar-refractivity contribution >= 4 is 15.9 Å². The molecule has 0 saturated carbocycles. The lowest BCUT2D eigenvalue weighted by atomic mass is 9.90. The zero-order chi connectivity index (χ0) is 12.4. The lowest BCUT2D eigenvalue weighted by Crippen LogP contribution is -2.26. The highest BCUT2D eigenvalue weighted by Gasteiger charge is 2.16. The topological polar surface area (TPSA) is 42.7 Å². The molecule has 1 saturated heterocycles. The first-order valence-corrected chi connectivity index (χ1v) is 6.99. The second-order valence-electron chi connectivity index (χ2n) is 4.58. The molecule has 0 aliphatic carbocycles. The molecule has 1 aromatic carbocycles. The third kappa shape index (κ3) is 2.33. The van der Waals surface area contributed by atoms with Gasteiger partial charge < -0.3 is 5.32 Å². The molecule has 0 atom stereocenters. The SMILES string of the molecule is Brc1cc(C2CCNCC2)ccc1-n1cncn1. The minimum atomic E-state index is 0.673. The molecule has 2 heterocycles. The van der Waals surface area contributed by atoms with E-state index in [4.69, 9.17) is 0 Å². The van der Waals surface area contributed by atoms with Gasteiger partial charge in [-0.2, -0.15) is 5.10 Å². The van der Waals surface area contributed by atoms with Crippen molar-refractivity contribution in [2.75, 3.05) is 13.1 Å². The van der Waals surface area contributed by atoms with Crippen molar-refractivity contribution in [3.8, 4) is 5.69 Å². The Morgan fingerprint density at radius 2 is 2.11 bits per heavy atom. The van der Waals surface area contributed by atoms with Crippen LogP contribution in [-0.4, -0.2) is 27.9 Å². The van der Waals surface area contributed by atoms with Crippen molar-refractivity contribution in [2.45, 2.75) is 18.8 Å². The summed E-state index contributed by atoms with van der Waals surface area (Å²) in [5, 5.41) is 7.55. The minimum Gasteiger partial charge on any atom is -0.317 e. The maximum absolute atomic E-state index is 4.16. The molecule has 3 rings (SSSR count). The van der Waals surface area contributed by atoms with Crippen molar-refractivity contribution in [1.29, 1.82) is 0 Å². The van der Waals surface area contributed by atoms with Gasteiger partial charge in [-0.3, -0.25) is 0 Å². The molecule has 4 nitrogen and oxygen atoms in total. The zero-order valence-electron chi connectivity index (χ0n) is 10.0. The molecule has 1 N–H and O–H groups in total. The highest BCUT2D eigenvalue weighted by atomic mass is 79.9. The van der Waals surface area contributed by atoms with Gasteiger partial charge in [-0.25, -0.2) is 9.67 Å². The molecule has 5 heteroatoms. The Morgan fingerprint density at radius 3 is 2.78 bits per heavy atom. The van der Waals surface area contributed by atoms with Gasteiger partial charge in [0.2, 0.25) is 0 Å². The number of aromatic nitrogens is 3. The van der Waals surface area contributed by atoms with Crippen LogP contribution in [0.2, 0.25) is 0 Å². The standard InChI is InChI=1S/C13H15BrN4/c14-12-7-11(10-3-5-15-6-4-10)1-2-13(12)18-9-16-8-17-18/h1-2,7-10,15H,3-6H2. The Bertz CT molecular complexity index is 518. The van der Waals surface area contributed by atoms with Crippen LogP contribution in [0.4, 0.5) is 0 Å². The molecule has 18 heavy (non-hydrogen) atoms. The summed E-state index contributed by atoms with van der Waals surface area (Å²) >= 11 is 3.63. The summed E-state index contributed by atoms with van der Waals surface area (Å²) < 4.78 is 2.85. The molecular weight excluding hydrogens is 292 g/mol. The van der Waals surface area contributed by atoms with Crippen LogP contribution in [0.1, 0.15) is 24.3 Å². The summed E-state index contributed by atoms with van der Waals surface area (Å²) in [4.78, 5) is 3.97. The third-order valence-corrected chi connectivity index (χ3v) is 4.08. The van der Waals surface area contributed by atoms with Crippen LogP contribution in [0.25, 0.3) is 5.69 Å². The van der Waals surface area contributed by atoms with Gasteiger partial charge in [0.25, 0.3) is 0 Å². The van der Waals surface area contributed by atoms with E-state index in [1.807, 2.05) is 0 Å². The van der Waals surface area contributed by atoms with Gasteiger partial charge in [-0.05, 0) is 65.5 Å². The number of hydrogen-bond donors (Lipinski definition) is 1. The van der Waals surface area contributed by atoms with Crippen LogP contribution in [0.15, 0.2) is 35.3 Å². The Morgan fingerprint density at radius 1 is 1.28 bits per heavy atom. The predicted molar refractivity (Wildman–Crippen MR) is 73.9 cm³/mol. The van der Waals surface area contributed by atoms with E-state index in [-0.39, 0.29) is 0 Å². The molecule has 2 aromatic rings. The van der Waals surface area contributed by atoms with Gasteiger partial charge in [-0.1, -0.05) is 6.07 Å². The largest absolute Gasteiger partial charge is 0.317 e. The molecule has 0 bridgehead atoms. The number of hydrogen-bond acceptors (Lipinski definition) is 3. The van der Waals surface area contributed by atoms with E-state index in [0.29, 0.717) is 5.92 Å². The first-order valence-electron chi connectivity index (χ1n) is 6.20. The molecule has 0 spiro atoms. The van der Waals surface area contributed by atoms with Crippen molar-refractivity contribution in [2.24, 2.45) is 0 Å². The maximum Gasteiger partial charge on any atom is 0.138 e. The van der Waals surface area contributed by atoms with Crippen LogP contribution in [0.3, 0.4) is 0 Å². The molecule has 1 aliphatic rings. The second kappa shape index (κ2) is 5.20. The Hall–Kier alpha value is -1.20. The average Bonchev–Trinajstić information content (AvgIpc) is 2.93. The van der Waals surface area contributed by atoms with E-state index >= 15 is 0 Å². The third-order valence-electron chi connectivity index (χ3n) is 3.45. The van der Waals surface area contributed by atoms with E-state index in [1.165, 1.54) is 18.4 Å². The quantitative estimate of drug-likeness (QED) is 0.927. The van der Waals surface area contributed by atoms with E-state index in [2.05, 4.69) is 49.5 Å². The van der Waals surface area contributed by atoms with Crippen molar-refractivity contribution < 1.29 is 0 Å². The summed E-state index contributed by atoms with van der Waals surface area (Å²) in [5.74, 6) is 0.673. The number of piperidine rings is 1. The van der Waals surface area contributed by atoms with Crippen molar-refractivity contribution in [3.05, 3.63) is 40.9 Å². The Kier molecular flexibility index (Phi) is 3.43. The van der Waals surface area contributed by atoms with E-state index < -0.39 is 0 Å². The highest BCUT2D eigenvalue weighted by molar-refractivity contribution is 9.10. The number of benzene rings is 1. The Labute approximate surface area is 115 Å². The first kappa shape index (κ1) is 11.9. The van der Waals surface area contributed by atoms with Gasteiger partial charge >= 0.3 is 0 Å². The zero-order valence-corrected chi connectivity index (χ0v) is 11.6. The first-order chi connectivity index (χ1) is 8.84. The summed E-state index contributed by atoms with van der Waals surface area (Å²) in [6.07, 6.45) is 5.70. The lowest BCUT2D eigenvalue weighted by molar-refractivity contribution is 0.460. The second-order valence-corrected chi connectivity index (χ2v) is 5.43. The fourth-order valence-corrected chi connectivity index (χ4v) is 3.03. The maximum atomic E-state index is 4.16. The smallest absolute Gasteiger partial charge is 0.138 e. The fourth-order valence-electron chi connectivity index (χ4n) is 2.45. The summed E-state index contributed by atoms with van der Waals surface area (Å²) in [6.45, 7) is 2.24. The number of rotatable bonds is 2. The molecule has 1 aromatic heterocycles. The Balaban J connectivity index is 1.89. The van der Waals surface area contributed by atoms with Gasteiger partial charge in [0, 0.05) is 4.47 Å². The van der Waals surface area contributed by atoms with Gasteiger partial charge in [0.1, 0.15) is 12.7 Å². The summed E-state index contributed by atoms with van der Waals surface area (Å²) in [6, 6.07) is 6.53. The van der Waals surface area contributed by atoms with Gasteiger partial charge in [0.15, 0.2) is 0 Å². The predicted octanol–water partition coefficient (Wildman–Crippen LogP) is 2.50. The summed E-state index contributed by atoms with van der Waals surface area (Å²) in [5.41, 5.74) is 2.44. The summed E-state index contributed by atoms with van der Waals surface area (Å²) in [7, 11) is 0. The molecule has 0 amide bonds. The van der Waals surface area contributed by atoms with E-state index in [1.54, 1.807) is 17.3 Å². The highest BCUT2D eigenvalue weighted by Crippen LogP contribution is 2.30. The molecule has 0 unspecified atom stereocenters. The average molecular weight is 307 g/mol.